The van der Waals surface area contributed by atoms with Gasteiger partial charge in [0.15, 0.2) is 5.88 Å². The van der Waals surface area contributed by atoms with Crippen LogP contribution in [0.4, 0.5) is 5.69 Å². The van der Waals surface area contributed by atoms with E-state index in [1.165, 1.54) is 4.90 Å². The van der Waals surface area contributed by atoms with E-state index in [4.69, 9.17) is 9.94 Å². The standard InChI is InChI=1S/C24H26N4O7/c29-9-7-28(8-10-30)24(34)14-5-6-19-17(11-14)20(23(33)26-19)22-21(27-35-13-15(32)12-31)16-3-1-2-4-18(16)25-22/h1-6,11,15,26,29-33H,7-10,12-13H2/b27-21+. The molecule has 1 aliphatic rings. The molecule has 6 N–H and O–H groups in total. The van der Waals surface area contributed by atoms with Crippen molar-refractivity contribution in [1.82, 2.24) is 9.88 Å². The van der Waals surface area contributed by atoms with Crippen molar-refractivity contribution in [2.75, 3.05) is 39.5 Å². The molecule has 0 bridgehead atoms. The topological polar surface area (TPSA) is 171 Å². The van der Waals surface area contributed by atoms with Gasteiger partial charge in [-0.2, -0.15) is 0 Å². The molecule has 1 atom stereocenters. The molecule has 0 fully saturated rings. The number of rotatable bonds is 10. The Hall–Kier alpha value is -3.77. The van der Waals surface area contributed by atoms with Crippen LogP contribution in [0.2, 0.25) is 0 Å². The molecule has 184 valence electrons. The number of aromatic hydroxyl groups is 1. The number of para-hydroxylation sites is 1. The van der Waals surface area contributed by atoms with E-state index in [1.807, 2.05) is 6.07 Å². The first kappa shape index (κ1) is 24.4. The van der Waals surface area contributed by atoms with Gasteiger partial charge in [-0.25, -0.2) is 4.99 Å². The third-order valence-corrected chi connectivity index (χ3v) is 5.54. The molecular formula is C24H26N4O7. The quantitative estimate of drug-likeness (QED) is 0.229. The Morgan fingerprint density at radius 1 is 1.11 bits per heavy atom. The summed E-state index contributed by atoms with van der Waals surface area (Å²) in [5.41, 5.74) is 3.05. The Morgan fingerprint density at radius 2 is 1.86 bits per heavy atom. The Kier molecular flexibility index (Phi) is 7.42. The molecule has 1 aromatic heterocycles. The van der Waals surface area contributed by atoms with E-state index in [1.54, 1.807) is 36.4 Å². The summed E-state index contributed by atoms with van der Waals surface area (Å²) in [6, 6.07) is 12.0. The molecule has 0 aliphatic carbocycles. The summed E-state index contributed by atoms with van der Waals surface area (Å²) in [7, 11) is 0. The van der Waals surface area contributed by atoms with Gasteiger partial charge in [-0.3, -0.25) is 4.79 Å². The van der Waals surface area contributed by atoms with Gasteiger partial charge in [-0.05, 0) is 24.3 Å². The lowest BCUT2D eigenvalue weighted by atomic mass is 10.00. The number of carbonyl (C=O) groups excluding carboxylic acids is 1. The van der Waals surface area contributed by atoms with E-state index in [-0.39, 0.29) is 44.7 Å². The number of carbonyl (C=O) groups is 1. The van der Waals surface area contributed by atoms with Crippen LogP contribution in [-0.2, 0) is 4.84 Å². The molecule has 11 heteroatoms. The van der Waals surface area contributed by atoms with Crippen molar-refractivity contribution >= 4 is 33.9 Å². The second-order valence-corrected chi connectivity index (χ2v) is 7.90. The number of hydrogen-bond acceptors (Lipinski definition) is 9. The maximum absolute atomic E-state index is 13.0. The van der Waals surface area contributed by atoms with Crippen LogP contribution in [0.1, 0.15) is 21.5 Å². The van der Waals surface area contributed by atoms with Crippen molar-refractivity contribution in [2.24, 2.45) is 10.1 Å². The molecule has 0 spiro atoms. The van der Waals surface area contributed by atoms with Crippen molar-refractivity contribution < 1.29 is 35.2 Å². The fourth-order valence-electron chi connectivity index (χ4n) is 3.87. The number of benzene rings is 2. The van der Waals surface area contributed by atoms with Gasteiger partial charge in [0.1, 0.15) is 24.1 Å². The smallest absolute Gasteiger partial charge is 0.254 e. The van der Waals surface area contributed by atoms with Crippen LogP contribution in [0.3, 0.4) is 0 Å². The number of hydrogen-bond donors (Lipinski definition) is 6. The van der Waals surface area contributed by atoms with Gasteiger partial charge in [0.25, 0.3) is 5.91 Å². The first-order valence-corrected chi connectivity index (χ1v) is 11.0. The number of aliphatic imine (C=N–C) groups is 1. The summed E-state index contributed by atoms with van der Waals surface area (Å²) in [5, 5.41) is 52.6. The molecule has 2 aromatic carbocycles. The average molecular weight is 482 g/mol. The van der Waals surface area contributed by atoms with E-state index >= 15 is 0 Å². The maximum Gasteiger partial charge on any atom is 0.254 e. The van der Waals surface area contributed by atoms with E-state index in [2.05, 4.69) is 15.1 Å². The normalized spacial score (nSPS) is 14.7. The van der Waals surface area contributed by atoms with Crippen molar-refractivity contribution in [3.05, 3.63) is 59.2 Å². The first-order valence-electron chi connectivity index (χ1n) is 11.0. The first-order chi connectivity index (χ1) is 17.0. The molecular weight excluding hydrogens is 456 g/mol. The fourth-order valence-corrected chi connectivity index (χ4v) is 3.87. The van der Waals surface area contributed by atoms with Crippen LogP contribution in [0, 0.1) is 0 Å². The molecule has 1 amide bonds. The van der Waals surface area contributed by atoms with Crippen LogP contribution in [0.25, 0.3) is 10.9 Å². The van der Waals surface area contributed by atoms with Crippen LogP contribution < -0.4 is 0 Å². The summed E-state index contributed by atoms with van der Waals surface area (Å²) >= 11 is 0. The minimum absolute atomic E-state index is 0.0680. The number of fused-ring (bicyclic) bond motifs is 2. The third-order valence-electron chi connectivity index (χ3n) is 5.54. The largest absolute Gasteiger partial charge is 0.494 e. The Balaban J connectivity index is 1.78. The number of oxime groups is 1. The molecule has 4 rings (SSSR count). The molecule has 35 heavy (non-hydrogen) atoms. The van der Waals surface area contributed by atoms with Crippen LogP contribution in [-0.4, -0.2) is 98.4 Å². The zero-order valence-electron chi connectivity index (χ0n) is 18.8. The summed E-state index contributed by atoms with van der Waals surface area (Å²) < 4.78 is 0. The fraction of sp³-hybridized carbons (Fsp3) is 0.292. The third kappa shape index (κ3) is 4.88. The summed E-state index contributed by atoms with van der Waals surface area (Å²) in [5.74, 6) is -0.560. The summed E-state index contributed by atoms with van der Waals surface area (Å²) in [6.45, 7) is -1.07. The summed E-state index contributed by atoms with van der Waals surface area (Å²) in [4.78, 5) is 27.1. The van der Waals surface area contributed by atoms with Gasteiger partial charge in [-0.1, -0.05) is 23.4 Å². The zero-order valence-corrected chi connectivity index (χ0v) is 18.8. The zero-order chi connectivity index (χ0) is 24.9. The lowest BCUT2D eigenvalue weighted by Crippen LogP contribution is -2.35. The average Bonchev–Trinajstić information content (AvgIpc) is 3.39. The van der Waals surface area contributed by atoms with Crippen molar-refractivity contribution in [3.8, 4) is 5.88 Å². The van der Waals surface area contributed by atoms with Crippen molar-refractivity contribution in [1.29, 1.82) is 0 Å². The highest BCUT2D eigenvalue weighted by molar-refractivity contribution is 6.58. The highest BCUT2D eigenvalue weighted by Crippen LogP contribution is 2.36. The number of aromatic nitrogens is 1. The monoisotopic (exact) mass is 482 g/mol. The number of nitrogens with one attached hydrogen (secondary N) is 1. The number of H-pyrrole nitrogens is 1. The molecule has 0 radical (unpaired) electrons. The van der Waals surface area contributed by atoms with Gasteiger partial charge < -0.3 is 40.3 Å². The lowest BCUT2D eigenvalue weighted by Gasteiger charge is -2.20. The van der Waals surface area contributed by atoms with Crippen molar-refractivity contribution in [2.45, 2.75) is 6.10 Å². The van der Waals surface area contributed by atoms with Crippen LogP contribution in [0.5, 0.6) is 5.88 Å². The van der Waals surface area contributed by atoms with E-state index in [0.29, 0.717) is 44.7 Å². The lowest BCUT2D eigenvalue weighted by molar-refractivity contribution is 0.00858. The minimum Gasteiger partial charge on any atom is -0.494 e. The minimum atomic E-state index is -1.10. The van der Waals surface area contributed by atoms with Crippen LogP contribution >= 0.6 is 0 Å². The Morgan fingerprint density at radius 3 is 2.57 bits per heavy atom. The molecule has 3 aromatic rings. The highest BCUT2D eigenvalue weighted by Gasteiger charge is 2.30. The van der Waals surface area contributed by atoms with Gasteiger partial charge >= 0.3 is 0 Å². The van der Waals surface area contributed by atoms with E-state index < -0.39 is 12.7 Å². The summed E-state index contributed by atoms with van der Waals surface area (Å²) in [6.07, 6.45) is -1.10. The number of aliphatic hydroxyl groups is 4. The van der Waals surface area contributed by atoms with Gasteiger partial charge in [0.05, 0.1) is 31.1 Å². The van der Waals surface area contributed by atoms with Crippen molar-refractivity contribution in [3.63, 3.8) is 0 Å². The number of aromatic amines is 1. The number of aliphatic hydroxyl groups excluding tert-OH is 4. The van der Waals surface area contributed by atoms with E-state index in [9.17, 15) is 25.2 Å². The van der Waals surface area contributed by atoms with Gasteiger partial charge in [0.2, 0.25) is 0 Å². The second-order valence-electron chi connectivity index (χ2n) is 7.90. The van der Waals surface area contributed by atoms with E-state index in [0.717, 1.165) is 0 Å². The van der Waals surface area contributed by atoms with Crippen LogP contribution in [0.15, 0.2) is 52.6 Å². The predicted octanol–water partition coefficient (Wildman–Crippen LogP) is 0.509. The van der Waals surface area contributed by atoms with Gasteiger partial charge in [0, 0.05) is 35.1 Å². The maximum atomic E-state index is 13.0. The molecule has 1 aliphatic heterocycles. The SMILES string of the molecule is O=C(c1ccc2[nH]c(O)c(C3=Nc4ccccc4/C3=N\OCC(O)CO)c2c1)N(CCO)CCO. The Labute approximate surface area is 200 Å². The molecule has 0 saturated heterocycles. The Bertz CT molecular complexity index is 1280. The number of amides is 1. The molecule has 11 nitrogen and oxygen atoms in total. The molecule has 0 saturated carbocycles. The molecule has 2 heterocycles. The number of nitrogens with zero attached hydrogens (tertiary/aromatic N) is 3. The highest BCUT2D eigenvalue weighted by atomic mass is 16.6. The predicted molar refractivity (Wildman–Crippen MR) is 128 cm³/mol. The second kappa shape index (κ2) is 10.7. The molecule has 1 unspecified atom stereocenters. The van der Waals surface area contributed by atoms with Gasteiger partial charge in [-0.15, -0.1) is 0 Å².